The largest absolute Gasteiger partial charge is 0.496 e. The Kier molecular flexibility index (Phi) is 6.66. The molecule has 9 nitrogen and oxygen atoms in total. The van der Waals surface area contributed by atoms with Gasteiger partial charge < -0.3 is 33.0 Å². The van der Waals surface area contributed by atoms with Crippen molar-refractivity contribution in [3.05, 3.63) is 23.8 Å². The maximum Gasteiger partial charge on any atom is 0.255 e. The smallest absolute Gasteiger partial charge is 0.255 e. The van der Waals surface area contributed by atoms with Gasteiger partial charge in [-0.3, -0.25) is 14.6 Å². The summed E-state index contributed by atoms with van der Waals surface area (Å²) < 4.78 is 5.11. The fraction of sp³-hybridized carbons (Fsp3) is 0.357. The number of nitrogens with one attached hydrogen (secondary N) is 1. The summed E-state index contributed by atoms with van der Waals surface area (Å²) in [7, 11) is 1.43. The zero-order valence-corrected chi connectivity index (χ0v) is 12.9. The molecule has 1 atom stereocenters. The Labute approximate surface area is 134 Å². The fourth-order valence-corrected chi connectivity index (χ4v) is 1.93. The van der Waals surface area contributed by atoms with Crippen LogP contribution < -0.4 is 33.0 Å². The molecule has 0 saturated heterocycles. The highest BCUT2D eigenvalue weighted by molar-refractivity contribution is 6.00. The van der Waals surface area contributed by atoms with Gasteiger partial charge in [0, 0.05) is 12.2 Å². The first kappa shape index (κ1) is 18.1. The van der Waals surface area contributed by atoms with Crippen LogP contribution in [0.1, 0.15) is 23.2 Å². The number of amides is 2. The summed E-state index contributed by atoms with van der Waals surface area (Å²) in [6, 6.07) is 3.80. The standard InChI is InChI=1S/C14H22N6O3/c1-23-11-5-4-8(15)7-9(11)13(22)20-10(12(16)21)3-2-6-19-14(17)18/h4-5,7,10H,2-3,6,15H2,1H3,(H2,16,21)(H,20,22)(H4,17,18,19)/t10-/m0/s1. The monoisotopic (exact) mass is 322 g/mol. The third-order valence-electron chi connectivity index (χ3n) is 3.06. The molecule has 1 aromatic carbocycles. The molecule has 1 aromatic rings. The van der Waals surface area contributed by atoms with Crippen LogP contribution in [0, 0.1) is 0 Å². The van der Waals surface area contributed by atoms with Crippen LogP contribution in [-0.4, -0.2) is 37.5 Å². The maximum atomic E-state index is 12.3. The van der Waals surface area contributed by atoms with Crippen molar-refractivity contribution in [3.8, 4) is 5.75 Å². The lowest BCUT2D eigenvalue weighted by molar-refractivity contribution is -0.120. The van der Waals surface area contributed by atoms with Crippen LogP contribution in [-0.2, 0) is 4.79 Å². The number of carbonyl (C=O) groups excluding carboxylic acids is 2. The number of aliphatic imine (C=N–C) groups is 1. The second-order valence-electron chi connectivity index (χ2n) is 4.84. The molecular weight excluding hydrogens is 300 g/mol. The molecule has 9 heteroatoms. The van der Waals surface area contributed by atoms with Gasteiger partial charge in [-0.1, -0.05) is 0 Å². The molecule has 0 fully saturated rings. The van der Waals surface area contributed by atoms with Crippen molar-refractivity contribution in [1.82, 2.24) is 5.32 Å². The van der Waals surface area contributed by atoms with E-state index in [1.54, 1.807) is 12.1 Å². The van der Waals surface area contributed by atoms with Crippen molar-refractivity contribution in [2.45, 2.75) is 18.9 Å². The predicted octanol–water partition coefficient (Wildman–Crippen LogP) is -1.09. The van der Waals surface area contributed by atoms with Crippen molar-refractivity contribution in [2.75, 3.05) is 19.4 Å². The van der Waals surface area contributed by atoms with E-state index in [9.17, 15) is 9.59 Å². The van der Waals surface area contributed by atoms with Gasteiger partial charge in [-0.05, 0) is 31.0 Å². The zero-order valence-electron chi connectivity index (χ0n) is 12.9. The number of nitrogen functional groups attached to an aromatic ring is 1. The Balaban J connectivity index is 2.76. The summed E-state index contributed by atoms with van der Waals surface area (Å²) in [6.07, 6.45) is 0.794. The van der Waals surface area contributed by atoms with Gasteiger partial charge in [-0.25, -0.2) is 0 Å². The van der Waals surface area contributed by atoms with Gasteiger partial charge in [0.1, 0.15) is 11.8 Å². The molecule has 2 amide bonds. The minimum atomic E-state index is -0.845. The molecule has 0 saturated carbocycles. The molecule has 0 bridgehead atoms. The van der Waals surface area contributed by atoms with Gasteiger partial charge in [0.2, 0.25) is 5.91 Å². The Hall–Kier alpha value is -2.97. The van der Waals surface area contributed by atoms with Crippen molar-refractivity contribution < 1.29 is 14.3 Å². The van der Waals surface area contributed by atoms with Crippen LogP contribution in [0.25, 0.3) is 0 Å². The Morgan fingerprint density at radius 2 is 2.00 bits per heavy atom. The van der Waals surface area contributed by atoms with E-state index in [2.05, 4.69) is 10.3 Å². The number of methoxy groups -OCH3 is 1. The van der Waals surface area contributed by atoms with Crippen LogP contribution in [0.4, 0.5) is 5.69 Å². The predicted molar refractivity (Wildman–Crippen MR) is 87.8 cm³/mol. The molecule has 0 radical (unpaired) electrons. The van der Waals surface area contributed by atoms with Crippen LogP contribution in [0.3, 0.4) is 0 Å². The van der Waals surface area contributed by atoms with Crippen LogP contribution in [0.2, 0.25) is 0 Å². The van der Waals surface area contributed by atoms with Crippen molar-refractivity contribution in [1.29, 1.82) is 0 Å². The van der Waals surface area contributed by atoms with Crippen LogP contribution >= 0.6 is 0 Å². The van der Waals surface area contributed by atoms with E-state index >= 15 is 0 Å². The maximum absolute atomic E-state index is 12.3. The molecule has 0 aliphatic rings. The number of primary amides is 1. The van der Waals surface area contributed by atoms with Gasteiger partial charge in [0.15, 0.2) is 5.96 Å². The van der Waals surface area contributed by atoms with Gasteiger partial charge in [-0.2, -0.15) is 0 Å². The van der Waals surface area contributed by atoms with Crippen molar-refractivity contribution in [3.63, 3.8) is 0 Å². The first-order valence-corrected chi connectivity index (χ1v) is 6.94. The number of hydrogen-bond donors (Lipinski definition) is 5. The fourth-order valence-electron chi connectivity index (χ4n) is 1.93. The topological polar surface area (TPSA) is 172 Å². The number of nitrogens with zero attached hydrogens (tertiary/aromatic N) is 1. The molecule has 23 heavy (non-hydrogen) atoms. The lowest BCUT2D eigenvalue weighted by Gasteiger charge is -2.16. The van der Waals surface area contributed by atoms with Gasteiger partial charge in [0.05, 0.1) is 12.7 Å². The highest BCUT2D eigenvalue weighted by atomic mass is 16.5. The first-order chi connectivity index (χ1) is 10.8. The van der Waals surface area contributed by atoms with Crippen LogP contribution in [0.15, 0.2) is 23.2 Å². The van der Waals surface area contributed by atoms with E-state index in [1.807, 2.05) is 0 Å². The third-order valence-corrected chi connectivity index (χ3v) is 3.06. The normalized spacial score (nSPS) is 11.3. The number of guanidine groups is 1. The zero-order chi connectivity index (χ0) is 17.4. The minimum Gasteiger partial charge on any atom is -0.496 e. The average Bonchev–Trinajstić information content (AvgIpc) is 2.49. The van der Waals surface area contributed by atoms with Crippen molar-refractivity contribution >= 4 is 23.5 Å². The molecule has 0 unspecified atom stereocenters. The van der Waals surface area contributed by atoms with E-state index in [1.165, 1.54) is 13.2 Å². The molecule has 0 aliphatic carbocycles. The summed E-state index contributed by atoms with van der Waals surface area (Å²) in [4.78, 5) is 27.6. The molecular formula is C14H22N6O3. The Morgan fingerprint density at radius 3 is 2.57 bits per heavy atom. The minimum absolute atomic E-state index is 0.0332. The third kappa shape index (κ3) is 5.73. The van der Waals surface area contributed by atoms with E-state index in [0.717, 1.165) is 0 Å². The highest BCUT2D eigenvalue weighted by Crippen LogP contribution is 2.21. The Morgan fingerprint density at radius 1 is 1.30 bits per heavy atom. The van der Waals surface area contributed by atoms with Gasteiger partial charge in [-0.15, -0.1) is 0 Å². The van der Waals surface area contributed by atoms with Gasteiger partial charge in [0.25, 0.3) is 5.91 Å². The summed E-state index contributed by atoms with van der Waals surface area (Å²) in [6.45, 7) is 0.337. The second-order valence-corrected chi connectivity index (χ2v) is 4.84. The number of nitrogens with two attached hydrogens (primary N) is 4. The quantitative estimate of drug-likeness (QED) is 0.176. The highest BCUT2D eigenvalue weighted by Gasteiger charge is 2.20. The van der Waals surface area contributed by atoms with E-state index in [4.69, 9.17) is 27.7 Å². The molecule has 0 heterocycles. The number of ether oxygens (including phenoxy) is 1. The molecule has 0 aliphatic heterocycles. The van der Waals surface area contributed by atoms with E-state index < -0.39 is 17.9 Å². The van der Waals surface area contributed by atoms with Crippen LogP contribution in [0.5, 0.6) is 5.75 Å². The number of anilines is 1. The van der Waals surface area contributed by atoms with Gasteiger partial charge >= 0.3 is 0 Å². The molecule has 0 spiro atoms. The summed E-state index contributed by atoms with van der Waals surface area (Å²) in [5.74, 6) is -0.833. The van der Waals surface area contributed by atoms with Crippen molar-refractivity contribution in [2.24, 2.45) is 22.2 Å². The summed E-state index contributed by atoms with van der Waals surface area (Å²) in [5, 5.41) is 2.56. The molecule has 0 aromatic heterocycles. The van der Waals surface area contributed by atoms with E-state index in [-0.39, 0.29) is 11.5 Å². The summed E-state index contributed by atoms with van der Waals surface area (Å²) in [5.41, 5.74) is 22.0. The second kappa shape index (κ2) is 8.47. The molecule has 126 valence electrons. The molecule has 1 rings (SSSR count). The SMILES string of the molecule is COc1ccc(N)cc1C(=O)N[C@@H](CCCN=C(N)N)C(N)=O. The number of carbonyl (C=O) groups is 2. The number of rotatable bonds is 8. The number of hydrogen-bond acceptors (Lipinski definition) is 5. The van der Waals surface area contributed by atoms with E-state index in [0.29, 0.717) is 30.8 Å². The lowest BCUT2D eigenvalue weighted by Crippen LogP contribution is -2.44. The summed E-state index contributed by atoms with van der Waals surface area (Å²) >= 11 is 0. The lowest BCUT2D eigenvalue weighted by atomic mass is 10.1. The molecule has 9 N–H and O–H groups in total. The average molecular weight is 322 g/mol. The number of benzene rings is 1. The Bertz CT molecular complexity index is 598. The first-order valence-electron chi connectivity index (χ1n) is 6.94.